The number of aromatic nitrogens is 2. The first kappa shape index (κ1) is 8.90. The lowest BCUT2D eigenvalue weighted by Gasteiger charge is -2.20. The van der Waals surface area contributed by atoms with Crippen LogP contribution in [0.2, 0.25) is 0 Å². The second kappa shape index (κ2) is 3.47. The van der Waals surface area contributed by atoms with Gasteiger partial charge in [-0.1, -0.05) is 19.0 Å². The van der Waals surface area contributed by atoms with Crippen LogP contribution in [0, 0.1) is 10.3 Å². The third-order valence-corrected chi connectivity index (χ3v) is 1.66. The lowest BCUT2D eigenvalue weighted by molar-refractivity contribution is 0.317. The standard InChI is InChI=1S/C8H13N3O/c1-8(2,5-10-12)6-11-4-3-9-7-11/h3-4,7H,5-6H2,1-2H3. The van der Waals surface area contributed by atoms with E-state index in [0.717, 1.165) is 6.54 Å². The van der Waals surface area contributed by atoms with Crippen molar-refractivity contribution in [2.45, 2.75) is 20.4 Å². The van der Waals surface area contributed by atoms with Crippen molar-refractivity contribution in [3.8, 4) is 0 Å². The van der Waals surface area contributed by atoms with Gasteiger partial charge >= 0.3 is 0 Å². The Morgan fingerprint density at radius 3 is 2.83 bits per heavy atom. The molecule has 1 rings (SSSR count). The van der Waals surface area contributed by atoms with E-state index in [1.54, 1.807) is 12.5 Å². The molecule has 0 aromatic carbocycles. The molecule has 1 aromatic rings. The minimum absolute atomic E-state index is 0.0809. The fourth-order valence-electron chi connectivity index (χ4n) is 1.10. The number of nitroso groups, excluding NO2 is 1. The molecule has 0 N–H and O–H groups in total. The molecule has 0 aliphatic heterocycles. The Labute approximate surface area is 71.6 Å². The lowest BCUT2D eigenvalue weighted by Crippen LogP contribution is -2.22. The van der Waals surface area contributed by atoms with Crippen LogP contribution in [0.25, 0.3) is 0 Å². The molecular weight excluding hydrogens is 154 g/mol. The first-order chi connectivity index (χ1) is 5.64. The van der Waals surface area contributed by atoms with E-state index in [-0.39, 0.29) is 5.41 Å². The minimum atomic E-state index is -0.0809. The van der Waals surface area contributed by atoms with E-state index >= 15 is 0 Å². The molecule has 0 aliphatic carbocycles. The third-order valence-electron chi connectivity index (χ3n) is 1.66. The first-order valence-electron chi connectivity index (χ1n) is 3.89. The maximum atomic E-state index is 10.1. The highest BCUT2D eigenvalue weighted by Crippen LogP contribution is 2.17. The molecule has 0 unspecified atom stereocenters. The van der Waals surface area contributed by atoms with Crippen LogP contribution in [0.15, 0.2) is 23.9 Å². The summed E-state index contributed by atoms with van der Waals surface area (Å²) in [5, 5.41) is 2.90. The lowest BCUT2D eigenvalue weighted by atomic mass is 9.94. The molecule has 0 amide bonds. The van der Waals surface area contributed by atoms with Crippen LogP contribution in [0.1, 0.15) is 13.8 Å². The molecule has 0 bridgehead atoms. The average Bonchev–Trinajstić information content (AvgIpc) is 2.38. The molecule has 0 saturated heterocycles. The van der Waals surface area contributed by atoms with E-state index in [2.05, 4.69) is 10.2 Å². The number of imidazole rings is 1. The van der Waals surface area contributed by atoms with Crippen molar-refractivity contribution in [3.05, 3.63) is 23.6 Å². The van der Waals surface area contributed by atoms with Crippen molar-refractivity contribution in [3.63, 3.8) is 0 Å². The van der Waals surface area contributed by atoms with E-state index in [0.29, 0.717) is 6.54 Å². The molecular formula is C8H13N3O. The SMILES string of the molecule is CC(C)(CN=O)Cn1ccnc1. The molecule has 0 saturated carbocycles. The highest BCUT2D eigenvalue weighted by Gasteiger charge is 2.18. The van der Waals surface area contributed by atoms with Gasteiger partial charge in [0.25, 0.3) is 0 Å². The maximum Gasteiger partial charge on any atom is 0.0946 e. The largest absolute Gasteiger partial charge is 0.337 e. The Balaban J connectivity index is 2.55. The van der Waals surface area contributed by atoms with Gasteiger partial charge in [-0.15, -0.1) is 0 Å². The second-order valence-electron chi connectivity index (χ2n) is 3.69. The van der Waals surface area contributed by atoms with E-state index in [9.17, 15) is 4.91 Å². The summed E-state index contributed by atoms with van der Waals surface area (Å²) < 4.78 is 1.95. The summed E-state index contributed by atoms with van der Waals surface area (Å²) in [5.74, 6) is 0. The minimum Gasteiger partial charge on any atom is -0.337 e. The highest BCUT2D eigenvalue weighted by molar-refractivity contribution is 4.79. The molecule has 0 aliphatic rings. The predicted molar refractivity (Wildman–Crippen MR) is 46.7 cm³/mol. The van der Waals surface area contributed by atoms with E-state index < -0.39 is 0 Å². The van der Waals surface area contributed by atoms with E-state index in [4.69, 9.17) is 0 Å². The zero-order chi connectivity index (χ0) is 9.03. The van der Waals surface area contributed by atoms with Crippen LogP contribution in [-0.2, 0) is 6.54 Å². The molecule has 1 aromatic heterocycles. The van der Waals surface area contributed by atoms with Gasteiger partial charge in [0.1, 0.15) is 0 Å². The smallest absolute Gasteiger partial charge is 0.0946 e. The molecule has 4 nitrogen and oxygen atoms in total. The Bertz CT molecular complexity index is 241. The van der Waals surface area contributed by atoms with Gasteiger partial charge in [-0.25, -0.2) is 4.98 Å². The van der Waals surface area contributed by atoms with Crippen molar-refractivity contribution < 1.29 is 0 Å². The Morgan fingerprint density at radius 2 is 2.33 bits per heavy atom. The van der Waals surface area contributed by atoms with Gasteiger partial charge in [-0.05, 0) is 0 Å². The molecule has 0 atom stereocenters. The summed E-state index contributed by atoms with van der Waals surface area (Å²) >= 11 is 0. The quantitative estimate of drug-likeness (QED) is 0.640. The van der Waals surface area contributed by atoms with Crippen LogP contribution in [0.4, 0.5) is 0 Å². The topological polar surface area (TPSA) is 47.2 Å². The third kappa shape index (κ3) is 2.45. The number of hydrogen-bond donors (Lipinski definition) is 0. The van der Waals surface area contributed by atoms with Gasteiger partial charge in [0.05, 0.1) is 12.9 Å². The van der Waals surface area contributed by atoms with Crippen molar-refractivity contribution in [1.82, 2.24) is 9.55 Å². The van der Waals surface area contributed by atoms with Gasteiger partial charge in [0.15, 0.2) is 0 Å². The summed E-state index contributed by atoms with van der Waals surface area (Å²) in [5.41, 5.74) is -0.0809. The highest BCUT2D eigenvalue weighted by atomic mass is 16.3. The van der Waals surface area contributed by atoms with Gasteiger partial charge in [0.2, 0.25) is 0 Å². The maximum absolute atomic E-state index is 10.1. The molecule has 4 heteroatoms. The number of rotatable bonds is 4. The van der Waals surface area contributed by atoms with Crippen LogP contribution >= 0.6 is 0 Å². The molecule has 12 heavy (non-hydrogen) atoms. The van der Waals surface area contributed by atoms with Crippen LogP contribution < -0.4 is 0 Å². The van der Waals surface area contributed by atoms with Gasteiger partial charge in [-0.3, -0.25) is 0 Å². The zero-order valence-corrected chi connectivity index (χ0v) is 7.40. The van der Waals surface area contributed by atoms with E-state index in [1.807, 2.05) is 24.6 Å². The summed E-state index contributed by atoms with van der Waals surface area (Å²) in [6.45, 7) is 5.13. The molecule has 0 spiro atoms. The summed E-state index contributed by atoms with van der Waals surface area (Å²) in [4.78, 5) is 14.0. The molecule has 1 heterocycles. The van der Waals surface area contributed by atoms with Crippen molar-refractivity contribution >= 4 is 0 Å². The fourth-order valence-corrected chi connectivity index (χ4v) is 1.10. The Kier molecular flexibility index (Phi) is 2.58. The van der Waals surface area contributed by atoms with Gasteiger partial charge in [-0.2, -0.15) is 4.91 Å². The predicted octanol–water partition coefficient (Wildman–Crippen LogP) is 1.68. The molecule has 0 radical (unpaired) electrons. The Morgan fingerprint density at radius 1 is 1.58 bits per heavy atom. The van der Waals surface area contributed by atoms with Crippen molar-refractivity contribution in [2.75, 3.05) is 6.54 Å². The van der Waals surface area contributed by atoms with Crippen LogP contribution in [-0.4, -0.2) is 16.1 Å². The Hall–Kier alpha value is -1.19. The van der Waals surface area contributed by atoms with Gasteiger partial charge in [0, 0.05) is 24.4 Å². The molecule has 0 fully saturated rings. The summed E-state index contributed by atoms with van der Waals surface area (Å²) in [7, 11) is 0. The first-order valence-corrected chi connectivity index (χ1v) is 3.89. The number of nitrogens with zero attached hydrogens (tertiary/aromatic N) is 3. The second-order valence-corrected chi connectivity index (χ2v) is 3.69. The van der Waals surface area contributed by atoms with Crippen LogP contribution in [0.5, 0.6) is 0 Å². The van der Waals surface area contributed by atoms with Crippen molar-refractivity contribution in [2.24, 2.45) is 10.6 Å². The normalized spacial score (nSPS) is 11.5. The van der Waals surface area contributed by atoms with Gasteiger partial charge < -0.3 is 4.57 Å². The molecule has 66 valence electrons. The zero-order valence-electron chi connectivity index (χ0n) is 7.40. The summed E-state index contributed by atoms with van der Waals surface area (Å²) in [6.07, 6.45) is 5.35. The summed E-state index contributed by atoms with van der Waals surface area (Å²) in [6, 6.07) is 0. The number of hydrogen-bond acceptors (Lipinski definition) is 3. The monoisotopic (exact) mass is 167 g/mol. The van der Waals surface area contributed by atoms with Crippen LogP contribution in [0.3, 0.4) is 0 Å². The fraction of sp³-hybridized carbons (Fsp3) is 0.625. The average molecular weight is 167 g/mol. The van der Waals surface area contributed by atoms with E-state index in [1.165, 1.54) is 0 Å². The van der Waals surface area contributed by atoms with Crippen molar-refractivity contribution in [1.29, 1.82) is 0 Å².